The van der Waals surface area contributed by atoms with Crippen molar-refractivity contribution in [3.63, 3.8) is 0 Å². The van der Waals surface area contributed by atoms with E-state index in [1.54, 1.807) is 12.1 Å². The molecule has 8 N–H and O–H groups in total. The second-order valence-corrected chi connectivity index (χ2v) is 8.36. The molecular weight excluding hydrogens is 452 g/mol. The van der Waals surface area contributed by atoms with Crippen molar-refractivity contribution in [2.45, 2.75) is 50.9 Å². The summed E-state index contributed by atoms with van der Waals surface area (Å²) in [5.41, 5.74) is 6.11. The molecule has 0 fully saturated rings. The molecule has 11 nitrogen and oxygen atoms in total. The summed E-state index contributed by atoms with van der Waals surface area (Å²) in [6, 6.07) is 1.25. The summed E-state index contributed by atoms with van der Waals surface area (Å²) in [6.07, 6.45) is 0.229. The van der Waals surface area contributed by atoms with Crippen LogP contribution in [0, 0.1) is 5.92 Å². The van der Waals surface area contributed by atoms with Crippen LogP contribution in [0.1, 0.15) is 25.8 Å². The Balaban J connectivity index is 3.11. The lowest BCUT2D eigenvalue weighted by Gasteiger charge is -2.26. The highest BCUT2D eigenvalue weighted by molar-refractivity contribution is 7.80. The smallest absolute Gasteiger partial charge is 0.327 e. The summed E-state index contributed by atoms with van der Waals surface area (Å²) < 4.78 is 0. The van der Waals surface area contributed by atoms with Gasteiger partial charge in [0.05, 0.1) is 6.61 Å². The van der Waals surface area contributed by atoms with Crippen molar-refractivity contribution in [1.82, 2.24) is 16.0 Å². The van der Waals surface area contributed by atoms with Crippen molar-refractivity contribution in [3.8, 4) is 5.75 Å². The molecule has 0 saturated carbocycles. The third-order valence-electron chi connectivity index (χ3n) is 4.68. The van der Waals surface area contributed by atoms with E-state index in [-0.39, 0.29) is 30.3 Å². The lowest BCUT2D eigenvalue weighted by atomic mass is 10.0. The minimum absolute atomic E-state index is 0.00338. The normalized spacial score (nSPS) is 14.6. The molecular formula is C21H32N4O7S. The number of benzene rings is 1. The maximum atomic E-state index is 13.0. The number of amides is 3. The molecule has 1 aromatic carbocycles. The number of carboxylic acid groups (broad SMARTS) is 1. The molecule has 0 aliphatic carbocycles. The van der Waals surface area contributed by atoms with Gasteiger partial charge in [0, 0.05) is 12.2 Å². The number of phenols is 1. The fourth-order valence-electron chi connectivity index (χ4n) is 2.87. The van der Waals surface area contributed by atoms with Crippen molar-refractivity contribution in [1.29, 1.82) is 0 Å². The van der Waals surface area contributed by atoms with E-state index < -0.39 is 54.5 Å². The summed E-state index contributed by atoms with van der Waals surface area (Å²) in [4.78, 5) is 49.2. The molecule has 184 valence electrons. The van der Waals surface area contributed by atoms with E-state index >= 15 is 0 Å². The highest BCUT2D eigenvalue weighted by Crippen LogP contribution is 2.12. The molecule has 4 atom stereocenters. The van der Waals surface area contributed by atoms with Crippen molar-refractivity contribution in [2.75, 3.05) is 12.4 Å². The first kappa shape index (κ1) is 28.2. The first-order chi connectivity index (χ1) is 15.5. The molecule has 1 rings (SSSR count). The lowest BCUT2D eigenvalue weighted by molar-refractivity contribution is -0.141. The second kappa shape index (κ2) is 13.7. The number of nitrogens with one attached hydrogen (secondary N) is 3. The predicted molar refractivity (Wildman–Crippen MR) is 124 cm³/mol. The Labute approximate surface area is 197 Å². The molecule has 0 bridgehead atoms. The zero-order chi connectivity index (χ0) is 25.1. The van der Waals surface area contributed by atoms with Crippen LogP contribution >= 0.6 is 12.6 Å². The Bertz CT molecular complexity index is 819. The number of aliphatic hydroxyl groups excluding tert-OH is 1. The standard InChI is InChI=1S/C21H32N4O7S/c1-11(2)7-15(23-18(28)14(22)9-26)19(29)24-16(8-12-3-5-13(27)6-4-12)20(30)25-17(10-33)21(31)32/h3-6,11,14-17,26-27,33H,7-10,22H2,1-2H3,(H,23,28)(H,24,29)(H,25,30)(H,31,32). The van der Waals surface area contributed by atoms with Gasteiger partial charge in [-0.3, -0.25) is 14.4 Å². The lowest BCUT2D eigenvalue weighted by Crippen LogP contribution is -2.58. The Morgan fingerprint density at radius 3 is 1.94 bits per heavy atom. The number of carbonyl (C=O) groups is 4. The van der Waals surface area contributed by atoms with E-state index in [4.69, 9.17) is 10.8 Å². The van der Waals surface area contributed by atoms with Crippen LogP contribution in [0.25, 0.3) is 0 Å². The quantitative estimate of drug-likeness (QED) is 0.160. The molecule has 4 unspecified atom stereocenters. The molecule has 3 amide bonds. The van der Waals surface area contributed by atoms with Gasteiger partial charge in [-0.1, -0.05) is 26.0 Å². The minimum Gasteiger partial charge on any atom is -0.508 e. The number of phenolic OH excluding ortho intramolecular Hbond substituents is 1. The van der Waals surface area contributed by atoms with Crippen LogP contribution in [-0.2, 0) is 25.6 Å². The molecule has 0 saturated heterocycles. The van der Waals surface area contributed by atoms with Crippen LogP contribution in [0.4, 0.5) is 0 Å². The fraction of sp³-hybridized carbons (Fsp3) is 0.524. The molecule has 0 aliphatic heterocycles. The highest BCUT2D eigenvalue weighted by Gasteiger charge is 2.30. The first-order valence-corrected chi connectivity index (χ1v) is 11.0. The third kappa shape index (κ3) is 9.68. The maximum absolute atomic E-state index is 13.0. The largest absolute Gasteiger partial charge is 0.508 e. The van der Waals surface area contributed by atoms with E-state index in [0.29, 0.717) is 5.56 Å². The number of nitrogens with two attached hydrogens (primary N) is 1. The fourth-order valence-corrected chi connectivity index (χ4v) is 3.12. The average Bonchev–Trinajstić information content (AvgIpc) is 2.76. The Kier molecular flexibility index (Phi) is 11.7. The Morgan fingerprint density at radius 1 is 0.939 bits per heavy atom. The third-order valence-corrected chi connectivity index (χ3v) is 5.05. The van der Waals surface area contributed by atoms with Gasteiger partial charge < -0.3 is 37.0 Å². The molecule has 0 spiro atoms. The van der Waals surface area contributed by atoms with Crippen molar-refractivity contribution in [2.24, 2.45) is 11.7 Å². The SMILES string of the molecule is CC(C)CC(NC(=O)C(N)CO)C(=O)NC(Cc1ccc(O)cc1)C(=O)NC(CS)C(=O)O. The van der Waals surface area contributed by atoms with E-state index in [2.05, 4.69) is 28.6 Å². The second-order valence-electron chi connectivity index (χ2n) is 7.99. The molecule has 33 heavy (non-hydrogen) atoms. The number of thiol groups is 1. The van der Waals surface area contributed by atoms with Gasteiger partial charge in [0.2, 0.25) is 17.7 Å². The number of carbonyl (C=O) groups excluding carboxylic acids is 3. The number of hydrogen-bond acceptors (Lipinski definition) is 8. The highest BCUT2D eigenvalue weighted by atomic mass is 32.1. The van der Waals surface area contributed by atoms with Crippen molar-refractivity contribution in [3.05, 3.63) is 29.8 Å². The summed E-state index contributed by atoms with van der Waals surface area (Å²) >= 11 is 3.92. The van der Waals surface area contributed by atoms with Crippen LogP contribution in [0.15, 0.2) is 24.3 Å². The number of hydrogen-bond donors (Lipinski definition) is 8. The predicted octanol–water partition coefficient (Wildman–Crippen LogP) is -1.23. The molecule has 0 heterocycles. The molecule has 0 aliphatic rings. The number of aliphatic carboxylic acids is 1. The Hall–Kier alpha value is -2.83. The van der Waals surface area contributed by atoms with Crippen LogP contribution in [0.3, 0.4) is 0 Å². The average molecular weight is 485 g/mol. The molecule has 1 aromatic rings. The van der Waals surface area contributed by atoms with Gasteiger partial charge in [0.1, 0.15) is 29.9 Å². The van der Waals surface area contributed by atoms with Crippen LogP contribution in [-0.4, -0.2) is 75.5 Å². The number of rotatable bonds is 13. The zero-order valence-corrected chi connectivity index (χ0v) is 19.4. The van der Waals surface area contributed by atoms with E-state index in [1.807, 2.05) is 13.8 Å². The van der Waals surface area contributed by atoms with Crippen LogP contribution in [0.2, 0.25) is 0 Å². The zero-order valence-electron chi connectivity index (χ0n) is 18.5. The van der Waals surface area contributed by atoms with Gasteiger partial charge in [0.15, 0.2) is 0 Å². The van der Waals surface area contributed by atoms with Crippen molar-refractivity contribution >= 4 is 36.3 Å². The van der Waals surface area contributed by atoms with Gasteiger partial charge in [-0.05, 0) is 30.0 Å². The van der Waals surface area contributed by atoms with Crippen LogP contribution in [0.5, 0.6) is 5.75 Å². The Morgan fingerprint density at radius 2 is 1.45 bits per heavy atom. The van der Waals surface area contributed by atoms with E-state index in [1.165, 1.54) is 12.1 Å². The topological polar surface area (TPSA) is 191 Å². The van der Waals surface area contributed by atoms with Gasteiger partial charge in [-0.2, -0.15) is 12.6 Å². The molecule has 12 heteroatoms. The van der Waals surface area contributed by atoms with E-state index in [9.17, 15) is 29.4 Å². The van der Waals surface area contributed by atoms with E-state index in [0.717, 1.165) is 0 Å². The summed E-state index contributed by atoms with van der Waals surface area (Å²) in [5, 5.41) is 35.1. The summed E-state index contributed by atoms with van der Waals surface area (Å²) in [5.74, 6) is -3.57. The summed E-state index contributed by atoms with van der Waals surface area (Å²) in [7, 11) is 0. The van der Waals surface area contributed by atoms with Gasteiger partial charge in [-0.15, -0.1) is 0 Å². The number of aromatic hydroxyl groups is 1. The van der Waals surface area contributed by atoms with Gasteiger partial charge >= 0.3 is 5.97 Å². The minimum atomic E-state index is -1.28. The number of aliphatic hydroxyl groups is 1. The van der Waals surface area contributed by atoms with Crippen LogP contribution < -0.4 is 21.7 Å². The first-order valence-electron chi connectivity index (χ1n) is 10.4. The molecule has 0 aromatic heterocycles. The van der Waals surface area contributed by atoms with Crippen molar-refractivity contribution < 1.29 is 34.5 Å². The van der Waals surface area contributed by atoms with Gasteiger partial charge in [0.25, 0.3) is 0 Å². The monoisotopic (exact) mass is 484 g/mol. The van der Waals surface area contributed by atoms with Gasteiger partial charge in [-0.25, -0.2) is 4.79 Å². The number of carboxylic acids is 1. The summed E-state index contributed by atoms with van der Waals surface area (Å²) in [6.45, 7) is 3.07. The molecule has 0 radical (unpaired) electrons. The maximum Gasteiger partial charge on any atom is 0.327 e.